The molecule has 2 amide bonds. The summed E-state index contributed by atoms with van der Waals surface area (Å²) in [6.45, 7) is 12.5. The number of carbonyl (C=O) groups excluding carboxylic acids is 2. The number of aliphatic imine (C=N–C) groups is 1. The van der Waals surface area contributed by atoms with E-state index < -0.39 is 5.60 Å². The number of amides is 2. The molecule has 0 saturated carbocycles. The van der Waals surface area contributed by atoms with Gasteiger partial charge in [0, 0.05) is 45.7 Å². The predicted molar refractivity (Wildman–Crippen MR) is 115 cm³/mol. The molecule has 2 aliphatic rings. The largest absolute Gasteiger partial charge is 0.444 e. The quantitative estimate of drug-likeness (QED) is 0.535. The van der Waals surface area contributed by atoms with Crippen molar-refractivity contribution in [1.82, 2.24) is 15.1 Å². The first-order valence-electron chi connectivity index (χ1n) is 11.0. The van der Waals surface area contributed by atoms with Gasteiger partial charge in [-0.3, -0.25) is 9.79 Å². The summed E-state index contributed by atoms with van der Waals surface area (Å²) in [6, 6.07) is 0. The Bertz CT molecular complexity index is 579. The number of ether oxygens (including phenoxy) is 1. The third-order valence-electron chi connectivity index (χ3n) is 5.41. The van der Waals surface area contributed by atoms with Crippen LogP contribution in [-0.4, -0.2) is 72.6 Å². The van der Waals surface area contributed by atoms with Gasteiger partial charge in [-0.15, -0.1) is 0 Å². The average Bonchev–Trinajstić information content (AvgIpc) is 2.64. The summed E-state index contributed by atoms with van der Waals surface area (Å²) in [5, 5.41) is 3.39. The molecule has 1 atom stereocenters. The summed E-state index contributed by atoms with van der Waals surface area (Å²) in [4.78, 5) is 32.4. The molecule has 0 aromatic carbocycles. The molecule has 8 nitrogen and oxygen atoms in total. The average molecular weight is 410 g/mol. The highest BCUT2D eigenvalue weighted by Crippen LogP contribution is 2.22. The molecule has 0 aliphatic carbocycles. The van der Waals surface area contributed by atoms with E-state index in [0.717, 1.165) is 70.9 Å². The van der Waals surface area contributed by atoms with Gasteiger partial charge in [-0.05, 0) is 65.2 Å². The molecule has 2 fully saturated rings. The van der Waals surface area contributed by atoms with E-state index in [1.165, 1.54) is 0 Å². The Balaban J connectivity index is 1.86. The lowest BCUT2D eigenvalue weighted by molar-refractivity contribution is -0.119. The number of rotatable bonds is 5. The number of piperidine rings is 2. The van der Waals surface area contributed by atoms with Crippen LogP contribution in [0.5, 0.6) is 0 Å². The Kier molecular flexibility index (Phi) is 8.59. The van der Waals surface area contributed by atoms with Crippen LogP contribution in [-0.2, 0) is 9.53 Å². The molecule has 166 valence electrons. The van der Waals surface area contributed by atoms with Crippen LogP contribution in [0.1, 0.15) is 59.8 Å². The minimum Gasteiger partial charge on any atom is -0.444 e. The zero-order valence-corrected chi connectivity index (χ0v) is 18.6. The van der Waals surface area contributed by atoms with Gasteiger partial charge in [0.2, 0.25) is 5.91 Å². The molecule has 0 aromatic heterocycles. The Hall–Kier alpha value is -1.99. The Labute approximate surface area is 175 Å². The van der Waals surface area contributed by atoms with E-state index >= 15 is 0 Å². The van der Waals surface area contributed by atoms with Crippen molar-refractivity contribution in [2.24, 2.45) is 22.6 Å². The third kappa shape index (κ3) is 8.11. The number of hydrogen-bond acceptors (Lipinski definition) is 4. The molecule has 8 heteroatoms. The first kappa shape index (κ1) is 23.3. The first-order valence-corrected chi connectivity index (χ1v) is 11.0. The van der Waals surface area contributed by atoms with Gasteiger partial charge in [-0.2, -0.15) is 0 Å². The molecular weight excluding hydrogens is 370 g/mol. The maximum Gasteiger partial charge on any atom is 0.410 e. The van der Waals surface area contributed by atoms with Crippen molar-refractivity contribution < 1.29 is 14.3 Å². The normalized spacial score (nSPS) is 21.8. The van der Waals surface area contributed by atoms with Crippen molar-refractivity contribution >= 4 is 18.0 Å². The van der Waals surface area contributed by atoms with E-state index in [1.807, 2.05) is 20.8 Å². The Morgan fingerprint density at radius 2 is 1.79 bits per heavy atom. The van der Waals surface area contributed by atoms with Crippen molar-refractivity contribution in [3.05, 3.63) is 0 Å². The molecule has 0 bridgehead atoms. The molecular formula is C21H39N5O3. The number of hydrogen-bond donors (Lipinski definition) is 2. The summed E-state index contributed by atoms with van der Waals surface area (Å²) in [6.07, 6.45) is 4.19. The highest BCUT2D eigenvalue weighted by Gasteiger charge is 2.27. The van der Waals surface area contributed by atoms with Crippen LogP contribution >= 0.6 is 0 Å². The smallest absolute Gasteiger partial charge is 0.410 e. The monoisotopic (exact) mass is 409 g/mol. The first-order chi connectivity index (χ1) is 13.7. The van der Waals surface area contributed by atoms with Crippen molar-refractivity contribution in [3.8, 4) is 0 Å². The lowest BCUT2D eigenvalue weighted by Gasteiger charge is -2.35. The van der Waals surface area contributed by atoms with Gasteiger partial charge in [0.1, 0.15) is 5.60 Å². The van der Waals surface area contributed by atoms with Gasteiger partial charge in [0.25, 0.3) is 0 Å². The van der Waals surface area contributed by atoms with Crippen molar-refractivity contribution in [2.45, 2.75) is 65.4 Å². The lowest BCUT2D eigenvalue weighted by atomic mass is 9.94. The second-order valence-corrected chi connectivity index (χ2v) is 9.23. The highest BCUT2D eigenvalue weighted by molar-refractivity contribution is 5.80. The number of carbonyl (C=O) groups is 2. The Morgan fingerprint density at radius 1 is 1.10 bits per heavy atom. The van der Waals surface area contributed by atoms with Gasteiger partial charge >= 0.3 is 6.09 Å². The standard InChI is InChI=1S/C21H39N5O3/c1-5-23-19(26-10-6-7-17(15-26)13-18(22)27)24-14-16-8-11-25(12-9-16)20(28)29-21(2,3)4/h16-17H,5-15H2,1-4H3,(H2,22,27)(H,23,24). The van der Waals surface area contributed by atoms with Gasteiger partial charge in [0.15, 0.2) is 5.96 Å². The summed E-state index contributed by atoms with van der Waals surface area (Å²) in [5.41, 5.74) is 4.93. The van der Waals surface area contributed by atoms with Gasteiger partial charge in [-0.1, -0.05) is 0 Å². The fraction of sp³-hybridized carbons (Fsp3) is 0.857. The van der Waals surface area contributed by atoms with Crippen LogP contribution in [0, 0.1) is 11.8 Å². The topological polar surface area (TPSA) is 100 Å². The summed E-state index contributed by atoms with van der Waals surface area (Å²) < 4.78 is 5.47. The second kappa shape index (κ2) is 10.7. The minimum absolute atomic E-state index is 0.221. The summed E-state index contributed by atoms with van der Waals surface area (Å²) in [7, 11) is 0. The molecule has 0 spiro atoms. The van der Waals surface area contributed by atoms with Crippen LogP contribution < -0.4 is 11.1 Å². The van der Waals surface area contributed by atoms with Gasteiger partial charge in [-0.25, -0.2) is 4.79 Å². The molecule has 2 aliphatic heterocycles. The van der Waals surface area contributed by atoms with Crippen molar-refractivity contribution in [3.63, 3.8) is 0 Å². The number of likely N-dealkylation sites (tertiary alicyclic amines) is 2. The van der Waals surface area contributed by atoms with Crippen LogP contribution in [0.15, 0.2) is 4.99 Å². The SMILES string of the molecule is CCNC(=NCC1CCN(C(=O)OC(C)(C)C)CC1)N1CCCC(CC(N)=O)C1. The van der Waals surface area contributed by atoms with Crippen LogP contribution in [0.2, 0.25) is 0 Å². The van der Waals surface area contributed by atoms with Gasteiger partial charge in [0.05, 0.1) is 0 Å². The molecule has 29 heavy (non-hydrogen) atoms. The lowest BCUT2D eigenvalue weighted by Crippen LogP contribution is -2.47. The number of nitrogens with one attached hydrogen (secondary N) is 1. The van der Waals surface area contributed by atoms with Crippen LogP contribution in [0.3, 0.4) is 0 Å². The fourth-order valence-electron chi connectivity index (χ4n) is 3.97. The van der Waals surface area contributed by atoms with E-state index in [1.54, 1.807) is 4.90 Å². The minimum atomic E-state index is -0.459. The number of primary amides is 1. The van der Waals surface area contributed by atoms with Crippen LogP contribution in [0.4, 0.5) is 4.79 Å². The van der Waals surface area contributed by atoms with E-state index in [9.17, 15) is 9.59 Å². The molecule has 0 aromatic rings. The maximum absolute atomic E-state index is 12.2. The third-order valence-corrected chi connectivity index (χ3v) is 5.41. The number of nitrogens with two attached hydrogens (primary N) is 1. The molecule has 0 radical (unpaired) electrons. The van der Waals surface area contributed by atoms with Crippen LogP contribution in [0.25, 0.3) is 0 Å². The van der Waals surface area contributed by atoms with Gasteiger partial charge < -0.3 is 25.6 Å². The number of nitrogens with zero attached hydrogens (tertiary/aromatic N) is 3. The highest BCUT2D eigenvalue weighted by atomic mass is 16.6. The summed E-state index contributed by atoms with van der Waals surface area (Å²) in [5.74, 6) is 1.47. The van der Waals surface area contributed by atoms with Crippen molar-refractivity contribution in [2.75, 3.05) is 39.3 Å². The maximum atomic E-state index is 12.2. The van der Waals surface area contributed by atoms with E-state index in [2.05, 4.69) is 17.1 Å². The fourth-order valence-corrected chi connectivity index (χ4v) is 3.97. The molecule has 2 saturated heterocycles. The molecule has 2 rings (SSSR count). The van der Waals surface area contributed by atoms with E-state index in [0.29, 0.717) is 18.3 Å². The van der Waals surface area contributed by atoms with E-state index in [4.69, 9.17) is 15.5 Å². The molecule has 3 N–H and O–H groups in total. The second-order valence-electron chi connectivity index (χ2n) is 9.23. The summed E-state index contributed by atoms with van der Waals surface area (Å²) >= 11 is 0. The predicted octanol–water partition coefficient (Wildman–Crippen LogP) is 2.19. The Morgan fingerprint density at radius 3 is 2.38 bits per heavy atom. The molecule has 2 heterocycles. The van der Waals surface area contributed by atoms with Crippen molar-refractivity contribution in [1.29, 1.82) is 0 Å². The molecule has 1 unspecified atom stereocenters. The van der Waals surface area contributed by atoms with E-state index in [-0.39, 0.29) is 12.0 Å². The zero-order chi connectivity index (χ0) is 21.4. The number of guanidine groups is 1. The zero-order valence-electron chi connectivity index (χ0n) is 18.6.